The molecule has 0 aromatic carbocycles. The predicted octanol–water partition coefficient (Wildman–Crippen LogP) is -0.457. The van der Waals surface area contributed by atoms with Crippen molar-refractivity contribution in [2.45, 2.75) is 33.3 Å². The summed E-state index contributed by atoms with van der Waals surface area (Å²) >= 11 is 1.33. The van der Waals surface area contributed by atoms with Crippen molar-refractivity contribution >= 4 is 29.4 Å². The Morgan fingerprint density at radius 3 is 2.43 bits per heavy atom. The second kappa shape index (κ2) is 9.88. The molecule has 1 aliphatic heterocycles. The molecule has 0 spiro atoms. The molecule has 122 valence electrons. The highest BCUT2D eigenvalue weighted by Crippen LogP contribution is 2.19. The molecule has 0 aliphatic carbocycles. The predicted molar refractivity (Wildman–Crippen MR) is 82.2 cm³/mol. The lowest BCUT2D eigenvalue weighted by Crippen LogP contribution is -2.45. The number of aliphatic hydroxyl groups excluding tert-OH is 3. The minimum absolute atomic E-state index is 0.000230. The van der Waals surface area contributed by atoms with Gasteiger partial charge in [0.25, 0.3) is 0 Å². The Balaban J connectivity index is 0.000000471. The molecule has 0 fully saturated rings. The fourth-order valence-corrected chi connectivity index (χ4v) is 1.86. The zero-order valence-corrected chi connectivity index (χ0v) is 13.4. The van der Waals surface area contributed by atoms with E-state index in [0.29, 0.717) is 24.4 Å². The monoisotopic (exact) mass is 320 g/mol. The summed E-state index contributed by atoms with van der Waals surface area (Å²) in [5.41, 5.74) is -0.187. The smallest absolute Gasteiger partial charge is 0.249 e. The number of carbonyl (C=O) groups is 2. The van der Waals surface area contributed by atoms with Crippen molar-refractivity contribution in [2.24, 2.45) is 9.81 Å². The molecule has 1 amide bonds. The molecule has 0 aromatic heterocycles. The summed E-state index contributed by atoms with van der Waals surface area (Å²) < 4.78 is 3.80. The lowest BCUT2D eigenvalue weighted by Gasteiger charge is -2.27. The Hall–Kier alpha value is -0.960. The van der Waals surface area contributed by atoms with Crippen LogP contribution in [0.3, 0.4) is 0 Å². The highest BCUT2D eigenvalue weighted by molar-refractivity contribution is 7.99. The first-order valence-electron chi connectivity index (χ1n) is 6.63. The summed E-state index contributed by atoms with van der Waals surface area (Å²) in [6.07, 6.45) is -0.774. The van der Waals surface area contributed by atoms with Gasteiger partial charge in [0.1, 0.15) is 6.10 Å². The van der Waals surface area contributed by atoms with Crippen LogP contribution in [0.25, 0.3) is 0 Å². The van der Waals surface area contributed by atoms with Crippen LogP contribution < -0.4 is 5.32 Å². The van der Waals surface area contributed by atoms with Crippen molar-refractivity contribution in [2.75, 3.05) is 25.5 Å². The third kappa shape index (κ3) is 7.56. The molecule has 0 radical (unpaired) electrons. The van der Waals surface area contributed by atoms with Crippen LogP contribution in [-0.4, -0.2) is 64.3 Å². The number of carbonyl (C=O) groups excluding carboxylic acids is 2. The Morgan fingerprint density at radius 1 is 1.48 bits per heavy atom. The minimum Gasteiger partial charge on any atom is -0.396 e. The summed E-state index contributed by atoms with van der Waals surface area (Å²) in [5, 5.41) is 29.3. The second-order valence-electron chi connectivity index (χ2n) is 5.29. The zero-order chi connectivity index (χ0) is 16.5. The lowest BCUT2D eigenvalue weighted by atomic mass is 9.87. The van der Waals surface area contributed by atoms with Gasteiger partial charge in [-0.25, -0.2) is 4.40 Å². The van der Waals surface area contributed by atoms with Crippen LogP contribution in [0.15, 0.2) is 4.40 Å². The molecule has 1 unspecified atom stereocenters. The first kappa shape index (κ1) is 20.0. The first-order valence-corrected chi connectivity index (χ1v) is 7.57. The maximum Gasteiger partial charge on any atom is 0.249 e. The van der Waals surface area contributed by atoms with Gasteiger partial charge in [0, 0.05) is 18.6 Å². The van der Waals surface area contributed by atoms with Crippen molar-refractivity contribution in [3.05, 3.63) is 0 Å². The Bertz CT molecular complexity index is 385. The van der Waals surface area contributed by atoms with E-state index >= 15 is 0 Å². The van der Waals surface area contributed by atoms with Gasteiger partial charge in [-0.2, -0.15) is 0 Å². The van der Waals surface area contributed by atoms with Crippen LogP contribution in [-0.2, 0) is 9.59 Å². The Morgan fingerprint density at radius 2 is 2.10 bits per heavy atom. The van der Waals surface area contributed by atoms with E-state index in [1.165, 1.54) is 11.9 Å². The standard InChI is InChI=1S/C9H19NO4.C4H5NOS/c1-9(2,6-12)7(13)8(14)10-4-3-5-11;1-3-4(6)2-7-5-3/h7,11-13H,3-6H2,1-2H3,(H,10,14);2H2,1H3. The molecule has 1 rings (SSSR count). The van der Waals surface area contributed by atoms with Gasteiger partial charge >= 0.3 is 0 Å². The number of rotatable bonds is 6. The van der Waals surface area contributed by atoms with E-state index in [9.17, 15) is 14.7 Å². The van der Waals surface area contributed by atoms with Crippen LogP contribution >= 0.6 is 11.9 Å². The van der Waals surface area contributed by atoms with Crippen LogP contribution in [0, 0.1) is 5.41 Å². The molecule has 1 atom stereocenters. The van der Waals surface area contributed by atoms with Crippen LogP contribution in [0.2, 0.25) is 0 Å². The van der Waals surface area contributed by atoms with Gasteiger partial charge in [0.2, 0.25) is 5.91 Å². The van der Waals surface area contributed by atoms with Crippen LogP contribution in [0.5, 0.6) is 0 Å². The van der Waals surface area contributed by atoms with Gasteiger partial charge in [-0.1, -0.05) is 13.8 Å². The summed E-state index contributed by atoms with van der Waals surface area (Å²) in [5.74, 6) is 0.203. The van der Waals surface area contributed by atoms with Gasteiger partial charge in [-0.3, -0.25) is 9.59 Å². The van der Waals surface area contributed by atoms with Gasteiger partial charge in [0.05, 0.1) is 18.1 Å². The normalized spacial score (nSPS) is 15.9. The van der Waals surface area contributed by atoms with E-state index < -0.39 is 17.4 Å². The van der Waals surface area contributed by atoms with Crippen LogP contribution in [0.1, 0.15) is 27.2 Å². The molecule has 7 nitrogen and oxygen atoms in total. The summed E-state index contributed by atoms with van der Waals surface area (Å²) in [6, 6.07) is 0. The number of nitrogens with one attached hydrogen (secondary N) is 1. The lowest BCUT2D eigenvalue weighted by molar-refractivity contribution is -0.137. The summed E-state index contributed by atoms with van der Waals surface area (Å²) in [7, 11) is 0. The SMILES string of the molecule is CC(C)(CO)C(O)C(=O)NCCCO.CC1=NSCC1=O. The molecule has 0 bridgehead atoms. The quantitative estimate of drug-likeness (QED) is 0.388. The van der Waals surface area contributed by atoms with E-state index in [1.54, 1.807) is 20.8 Å². The summed E-state index contributed by atoms with van der Waals surface area (Å²) in [4.78, 5) is 21.7. The van der Waals surface area contributed by atoms with Crippen LogP contribution in [0.4, 0.5) is 0 Å². The molecule has 0 saturated heterocycles. The number of hydrogen-bond donors (Lipinski definition) is 4. The maximum absolute atomic E-state index is 11.3. The van der Waals surface area contributed by atoms with Crippen molar-refractivity contribution in [3.8, 4) is 0 Å². The van der Waals surface area contributed by atoms with Crippen molar-refractivity contribution in [3.63, 3.8) is 0 Å². The molecule has 1 aliphatic rings. The number of hydrogen-bond acceptors (Lipinski definition) is 7. The van der Waals surface area contributed by atoms with E-state index in [0.717, 1.165) is 0 Å². The molecule has 21 heavy (non-hydrogen) atoms. The molecule has 1 heterocycles. The number of aliphatic hydroxyl groups is 3. The largest absolute Gasteiger partial charge is 0.396 e. The first-order chi connectivity index (χ1) is 9.76. The Kier molecular flexibility index (Phi) is 9.43. The molecule has 8 heteroatoms. The highest BCUT2D eigenvalue weighted by atomic mass is 32.2. The zero-order valence-electron chi connectivity index (χ0n) is 12.6. The van der Waals surface area contributed by atoms with E-state index in [-0.39, 0.29) is 19.0 Å². The minimum atomic E-state index is -1.23. The number of Topliss-reactive ketones (excluding diaryl/α,β-unsaturated/α-hetero) is 1. The van der Waals surface area contributed by atoms with E-state index in [1.807, 2.05) is 0 Å². The number of nitrogens with zero attached hydrogens (tertiary/aromatic N) is 1. The highest BCUT2D eigenvalue weighted by Gasteiger charge is 2.32. The molecule has 0 saturated carbocycles. The third-order valence-corrected chi connectivity index (χ3v) is 3.63. The van der Waals surface area contributed by atoms with E-state index in [4.69, 9.17) is 10.2 Å². The van der Waals surface area contributed by atoms with Gasteiger partial charge in [-0.15, -0.1) is 0 Å². The molecular weight excluding hydrogens is 296 g/mol. The van der Waals surface area contributed by atoms with Gasteiger partial charge in [0.15, 0.2) is 5.78 Å². The number of ketones is 1. The fourth-order valence-electron chi connectivity index (χ4n) is 1.17. The van der Waals surface area contributed by atoms with Gasteiger partial charge < -0.3 is 20.6 Å². The molecule has 4 N–H and O–H groups in total. The third-order valence-electron chi connectivity index (χ3n) is 2.83. The van der Waals surface area contributed by atoms with Crippen molar-refractivity contribution in [1.29, 1.82) is 0 Å². The molecule has 0 aromatic rings. The second-order valence-corrected chi connectivity index (χ2v) is 6.02. The van der Waals surface area contributed by atoms with E-state index in [2.05, 4.69) is 9.71 Å². The average molecular weight is 320 g/mol. The Labute approximate surface area is 129 Å². The van der Waals surface area contributed by atoms with Crippen molar-refractivity contribution in [1.82, 2.24) is 5.32 Å². The van der Waals surface area contributed by atoms with Gasteiger partial charge in [-0.05, 0) is 25.3 Å². The number of amides is 1. The molecular formula is C13H24N2O5S. The average Bonchev–Trinajstić information content (AvgIpc) is 2.82. The summed E-state index contributed by atoms with van der Waals surface area (Å²) in [6.45, 7) is 5.00. The fraction of sp³-hybridized carbons (Fsp3) is 0.769. The topological polar surface area (TPSA) is 119 Å². The van der Waals surface area contributed by atoms with Crippen molar-refractivity contribution < 1.29 is 24.9 Å². The maximum atomic E-state index is 11.3.